The summed E-state index contributed by atoms with van der Waals surface area (Å²) in [6, 6.07) is 6.22. The smallest absolute Gasteiger partial charge is 0.0959 e. The molecule has 3 nitrogen and oxygen atoms in total. The molecule has 0 saturated heterocycles. The first-order chi connectivity index (χ1) is 6.70. The molecule has 0 aliphatic rings. The van der Waals surface area contributed by atoms with E-state index in [1.165, 1.54) is 5.56 Å². The first-order valence-corrected chi connectivity index (χ1v) is 4.64. The van der Waals surface area contributed by atoms with Crippen molar-refractivity contribution < 1.29 is 0 Å². The molecular formula is C11H13N3. The van der Waals surface area contributed by atoms with Crippen molar-refractivity contribution in [2.75, 3.05) is 0 Å². The van der Waals surface area contributed by atoms with Crippen LogP contribution in [0.25, 0.3) is 10.9 Å². The van der Waals surface area contributed by atoms with Gasteiger partial charge >= 0.3 is 0 Å². The number of hydrogen-bond donors (Lipinski definition) is 1. The fourth-order valence-electron chi connectivity index (χ4n) is 1.66. The number of hydrogen-bond acceptors (Lipinski definition) is 3. The summed E-state index contributed by atoms with van der Waals surface area (Å²) in [5.41, 5.74) is 9.72. The second kappa shape index (κ2) is 3.35. The minimum atomic E-state index is 0.440. The highest BCUT2D eigenvalue weighted by atomic mass is 15.1. The maximum Gasteiger partial charge on any atom is 0.0959 e. The zero-order valence-corrected chi connectivity index (χ0v) is 8.41. The quantitative estimate of drug-likeness (QED) is 0.739. The van der Waals surface area contributed by atoms with E-state index in [1.54, 1.807) is 0 Å². The third kappa shape index (κ3) is 1.46. The molecule has 0 amide bonds. The molecule has 0 bridgehead atoms. The van der Waals surface area contributed by atoms with E-state index < -0.39 is 0 Å². The first-order valence-electron chi connectivity index (χ1n) is 4.64. The summed E-state index contributed by atoms with van der Waals surface area (Å²) in [6.07, 6.45) is 0. The van der Waals surface area contributed by atoms with Crippen molar-refractivity contribution in [1.29, 1.82) is 0 Å². The predicted octanol–water partition coefficient (Wildman–Crippen LogP) is 1.71. The molecule has 0 radical (unpaired) electrons. The predicted molar refractivity (Wildman–Crippen MR) is 56.9 cm³/mol. The zero-order chi connectivity index (χ0) is 10.1. The van der Waals surface area contributed by atoms with Crippen LogP contribution in [-0.4, -0.2) is 10.2 Å². The number of aromatic nitrogens is 2. The van der Waals surface area contributed by atoms with Gasteiger partial charge in [-0.1, -0.05) is 11.6 Å². The van der Waals surface area contributed by atoms with Crippen molar-refractivity contribution in [2.45, 2.75) is 20.4 Å². The van der Waals surface area contributed by atoms with E-state index in [4.69, 9.17) is 5.73 Å². The van der Waals surface area contributed by atoms with Crippen LogP contribution in [0.2, 0.25) is 0 Å². The third-order valence-electron chi connectivity index (χ3n) is 2.28. The molecule has 0 fully saturated rings. The number of aryl methyl sites for hydroxylation is 2. The number of nitrogens with two attached hydrogens (primary N) is 1. The fourth-order valence-corrected chi connectivity index (χ4v) is 1.66. The molecule has 0 spiro atoms. The molecule has 1 aromatic carbocycles. The van der Waals surface area contributed by atoms with Gasteiger partial charge in [-0.05, 0) is 31.5 Å². The van der Waals surface area contributed by atoms with E-state index in [0.717, 1.165) is 22.2 Å². The van der Waals surface area contributed by atoms with Gasteiger partial charge in [0.15, 0.2) is 0 Å². The first kappa shape index (κ1) is 9.09. The molecule has 0 aliphatic heterocycles. The van der Waals surface area contributed by atoms with Gasteiger partial charge in [-0.15, -0.1) is 5.10 Å². The van der Waals surface area contributed by atoms with Crippen LogP contribution in [0.5, 0.6) is 0 Å². The minimum absolute atomic E-state index is 0.440. The van der Waals surface area contributed by atoms with Crippen LogP contribution in [0.3, 0.4) is 0 Å². The molecule has 2 rings (SSSR count). The molecule has 2 N–H and O–H groups in total. The standard InChI is InChI=1S/C11H13N3/c1-7-3-8(2)11-9(4-7)5-10(6-12)13-14-11/h3-5H,6,12H2,1-2H3. The van der Waals surface area contributed by atoms with Crippen LogP contribution in [0.15, 0.2) is 18.2 Å². The lowest BCUT2D eigenvalue weighted by Gasteiger charge is -2.03. The Morgan fingerprint density at radius 1 is 1.14 bits per heavy atom. The van der Waals surface area contributed by atoms with E-state index in [0.29, 0.717) is 6.54 Å². The van der Waals surface area contributed by atoms with Crippen LogP contribution in [0.1, 0.15) is 16.8 Å². The highest BCUT2D eigenvalue weighted by molar-refractivity contribution is 5.82. The minimum Gasteiger partial charge on any atom is -0.325 e. The summed E-state index contributed by atoms with van der Waals surface area (Å²) < 4.78 is 0. The Morgan fingerprint density at radius 2 is 1.93 bits per heavy atom. The van der Waals surface area contributed by atoms with E-state index in [1.807, 2.05) is 13.0 Å². The average Bonchev–Trinajstić information content (AvgIpc) is 2.16. The van der Waals surface area contributed by atoms with Gasteiger partial charge in [0.05, 0.1) is 11.2 Å². The lowest BCUT2D eigenvalue weighted by Crippen LogP contribution is -2.01. The fraction of sp³-hybridized carbons (Fsp3) is 0.273. The Bertz CT molecular complexity index is 477. The molecule has 0 unspecified atom stereocenters. The lowest BCUT2D eigenvalue weighted by molar-refractivity contribution is 0.918. The van der Waals surface area contributed by atoms with Gasteiger partial charge in [0.1, 0.15) is 0 Å². The summed E-state index contributed by atoms with van der Waals surface area (Å²) in [7, 11) is 0. The Morgan fingerprint density at radius 3 is 2.64 bits per heavy atom. The van der Waals surface area contributed by atoms with Crippen molar-refractivity contribution in [3.63, 3.8) is 0 Å². The molecule has 1 aromatic heterocycles. The molecule has 1 heterocycles. The van der Waals surface area contributed by atoms with E-state index in [9.17, 15) is 0 Å². The SMILES string of the molecule is Cc1cc(C)c2nnc(CN)cc2c1. The van der Waals surface area contributed by atoms with Crippen LogP contribution in [0, 0.1) is 13.8 Å². The lowest BCUT2D eigenvalue weighted by atomic mass is 10.1. The number of rotatable bonds is 1. The normalized spacial score (nSPS) is 10.8. The van der Waals surface area contributed by atoms with Gasteiger partial charge in [-0.3, -0.25) is 0 Å². The summed E-state index contributed by atoms with van der Waals surface area (Å²) in [6.45, 7) is 4.57. The summed E-state index contributed by atoms with van der Waals surface area (Å²) in [5.74, 6) is 0. The Labute approximate surface area is 83.0 Å². The van der Waals surface area contributed by atoms with E-state index >= 15 is 0 Å². The average molecular weight is 187 g/mol. The van der Waals surface area contributed by atoms with Crippen LogP contribution >= 0.6 is 0 Å². The van der Waals surface area contributed by atoms with Gasteiger partial charge in [0.2, 0.25) is 0 Å². The third-order valence-corrected chi connectivity index (χ3v) is 2.28. The number of nitrogens with zero attached hydrogens (tertiary/aromatic N) is 2. The van der Waals surface area contributed by atoms with Crippen molar-refractivity contribution in [3.8, 4) is 0 Å². The largest absolute Gasteiger partial charge is 0.325 e. The monoisotopic (exact) mass is 187 g/mol. The van der Waals surface area contributed by atoms with Gasteiger partial charge < -0.3 is 5.73 Å². The van der Waals surface area contributed by atoms with Gasteiger partial charge in [-0.2, -0.15) is 5.10 Å². The summed E-state index contributed by atoms with van der Waals surface area (Å²) in [4.78, 5) is 0. The van der Waals surface area contributed by atoms with Gasteiger partial charge in [0.25, 0.3) is 0 Å². The Balaban J connectivity index is 2.75. The highest BCUT2D eigenvalue weighted by Gasteiger charge is 2.02. The van der Waals surface area contributed by atoms with Crippen molar-refractivity contribution >= 4 is 10.9 Å². The second-order valence-corrected chi connectivity index (χ2v) is 3.56. The maximum atomic E-state index is 5.51. The molecular weight excluding hydrogens is 174 g/mol. The molecule has 14 heavy (non-hydrogen) atoms. The Kier molecular flexibility index (Phi) is 2.17. The maximum absolute atomic E-state index is 5.51. The van der Waals surface area contributed by atoms with Crippen molar-refractivity contribution in [3.05, 3.63) is 35.0 Å². The molecule has 3 heteroatoms. The van der Waals surface area contributed by atoms with Crippen LogP contribution in [0.4, 0.5) is 0 Å². The van der Waals surface area contributed by atoms with Crippen molar-refractivity contribution in [1.82, 2.24) is 10.2 Å². The second-order valence-electron chi connectivity index (χ2n) is 3.56. The van der Waals surface area contributed by atoms with Crippen LogP contribution in [-0.2, 0) is 6.54 Å². The number of fused-ring (bicyclic) bond motifs is 1. The molecule has 0 aliphatic carbocycles. The summed E-state index contributed by atoms with van der Waals surface area (Å²) in [5, 5.41) is 9.33. The van der Waals surface area contributed by atoms with Crippen LogP contribution < -0.4 is 5.73 Å². The summed E-state index contributed by atoms with van der Waals surface area (Å²) >= 11 is 0. The molecule has 0 atom stereocenters. The molecule has 72 valence electrons. The number of benzene rings is 1. The van der Waals surface area contributed by atoms with Gasteiger partial charge in [0, 0.05) is 11.9 Å². The molecule has 0 saturated carbocycles. The van der Waals surface area contributed by atoms with E-state index in [2.05, 4.69) is 29.3 Å². The zero-order valence-electron chi connectivity index (χ0n) is 8.41. The highest BCUT2D eigenvalue weighted by Crippen LogP contribution is 2.17. The Hall–Kier alpha value is -1.48. The van der Waals surface area contributed by atoms with Crippen molar-refractivity contribution in [2.24, 2.45) is 5.73 Å². The van der Waals surface area contributed by atoms with Gasteiger partial charge in [-0.25, -0.2) is 0 Å². The molecule has 2 aromatic rings. The topological polar surface area (TPSA) is 51.8 Å². The van der Waals surface area contributed by atoms with E-state index in [-0.39, 0.29) is 0 Å².